The van der Waals surface area contributed by atoms with Gasteiger partial charge in [0.25, 0.3) is 0 Å². The number of aryl methyl sites for hydroxylation is 2. The molecule has 1 unspecified atom stereocenters. The summed E-state index contributed by atoms with van der Waals surface area (Å²) in [5.41, 5.74) is -1.62. The highest BCUT2D eigenvalue weighted by atomic mass is 32.2. The minimum Gasteiger partial charge on any atom is -0.508 e. The van der Waals surface area contributed by atoms with Gasteiger partial charge >= 0.3 is 0 Å². The van der Waals surface area contributed by atoms with E-state index in [1.54, 1.807) is 18.3 Å². The molecule has 0 amide bonds. The van der Waals surface area contributed by atoms with Crippen LogP contribution in [0.4, 0.5) is 8.78 Å². The summed E-state index contributed by atoms with van der Waals surface area (Å²) < 4.78 is 92.0. The van der Waals surface area contributed by atoms with Crippen molar-refractivity contribution in [3.8, 4) is 28.6 Å². The van der Waals surface area contributed by atoms with Crippen molar-refractivity contribution in [2.75, 3.05) is 11.5 Å². The molecule has 0 aliphatic carbocycles. The molecular weight excluding hydrogens is 598 g/mol. The van der Waals surface area contributed by atoms with Gasteiger partial charge in [-0.1, -0.05) is 32.4 Å². The first-order valence-corrected chi connectivity index (χ1v) is 16.5. The third-order valence-electron chi connectivity index (χ3n) is 8.43. The number of rotatable bonds is 1. The van der Waals surface area contributed by atoms with Crippen LogP contribution in [0.2, 0.25) is 0 Å². The number of hydrogen-bond donors (Lipinski definition) is 2. The maximum absolute atomic E-state index is 15.6. The summed E-state index contributed by atoms with van der Waals surface area (Å²) in [6, 6.07) is 12.6. The van der Waals surface area contributed by atoms with E-state index >= 15 is 8.78 Å². The number of aromatic nitrogens is 4. The van der Waals surface area contributed by atoms with Gasteiger partial charge in [-0.3, -0.25) is 0 Å². The Labute approximate surface area is 265 Å². The fraction of sp³-hybridized carbons (Fsp3) is 0.353. The van der Waals surface area contributed by atoms with E-state index in [1.165, 1.54) is 48.1 Å². The molecule has 1 atom stereocenters. The Kier molecular flexibility index (Phi) is 6.79. The van der Waals surface area contributed by atoms with Crippen LogP contribution in [0.1, 0.15) is 61.0 Å². The highest BCUT2D eigenvalue weighted by Gasteiger charge is 2.36. The molecule has 236 valence electrons. The maximum Gasteiger partial charge on any atom is 0.168 e. The average Bonchev–Trinajstić information content (AvgIpc) is 3.60. The first kappa shape index (κ1) is 27.1. The zero-order valence-electron chi connectivity index (χ0n) is 28.2. The predicted molar refractivity (Wildman–Crippen MR) is 169 cm³/mol. The second kappa shape index (κ2) is 11.3. The number of nitrogens with zero attached hydrogens (tertiary/aromatic N) is 3. The average molecular weight is 638 g/mol. The van der Waals surface area contributed by atoms with Gasteiger partial charge in [-0.15, -0.1) is 0 Å². The zero-order chi connectivity index (χ0) is 34.6. The Morgan fingerprint density at radius 3 is 2.69 bits per heavy atom. The van der Waals surface area contributed by atoms with Crippen LogP contribution in [0.5, 0.6) is 17.2 Å². The van der Waals surface area contributed by atoms with Crippen molar-refractivity contribution >= 4 is 20.7 Å². The Balaban J connectivity index is 1.58. The van der Waals surface area contributed by atoms with Crippen molar-refractivity contribution < 1.29 is 31.2 Å². The molecule has 2 N–H and O–H groups in total. The van der Waals surface area contributed by atoms with Gasteiger partial charge in [0, 0.05) is 39.9 Å². The van der Waals surface area contributed by atoms with E-state index in [1.807, 2.05) is 13.8 Å². The summed E-state index contributed by atoms with van der Waals surface area (Å²) in [7, 11) is -2.19. The molecule has 1 aliphatic rings. The number of H-pyrrole nitrogens is 1. The molecule has 5 aromatic rings. The molecule has 11 heteroatoms. The smallest absolute Gasteiger partial charge is 0.168 e. The maximum atomic E-state index is 15.6. The lowest BCUT2D eigenvalue weighted by atomic mass is 9.75. The van der Waals surface area contributed by atoms with E-state index in [-0.39, 0.29) is 70.8 Å². The summed E-state index contributed by atoms with van der Waals surface area (Å²) >= 11 is 0. The molecule has 6 rings (SSSR count). The molecule has 0 radical (unpaired) electrons. The molecule has 4 bridgehead atoms. The van der Waals surface area contributed by atoms with E-state index in [0.29, 0.717) is 22.9 Å². The number of ether oxygens (including phenoxy) is 1. The first-order valence-electron chi connectivity index (χ1n) is 16.2. The van der Waals surface area contributed by atoms with E-state index < -0.39 is 39.2 Å². The quantitative estimate of drug-likeness (QED) is 0.201. The standard InChI is InChI=1S/C34H36F2N4O4S/c1-33(2)13-6-14-34(3,21-7-5-8-22(41)17-21)32-38-31(40(4)39-32)26-18-23(9-10-27(26)35)44-30-25(12-16-45(42,43)20-33)24-11-15-37-29(24)19-28(30)36/h5,7-11,15,17-19,37,41H,6,12-14,16,20H2,1-4H3/i3D3. The Hall–Kier alpha value is -4.25. The monoisotopic (exact) mass is 637 g/mol. The van der Waals surface area contributed by atoms with Crippen LogP contribution in [-0.2, 0) is 28.7 Å². The second-order valence-corrected chi connectivity index (χ2v) is 14.7. The number of hydrogen-bond acceptors (Lipinski definition) is 6. The summed E-state index contributed by atoms with van der Waals surface area (Å²) in [5.74, 6) is -2.31. The lowest BCUT2D eigenvalue weighted by molar-refractivity contribution is 0.336. The van der Waals surface area contributed by atoms with Gasteiger partial charge in [-0.2, -0.15) is 5.10 Å². The lowest BCUT2D eigenvalue weighted by Crippen LogP contribution is -2.29. The molecule has 0 saturated heterocycles. The number of nitrogens with one attached hydrogen (secondary N) is 1. The van der Waals surface area contributed by atoms with Crippen LogP contribution < -0.4 is 4.74 Å². The molecule has 2 aromatic heterocycles. The Morgan fingerprint density at radius 2 is 1.91 bits per heavy atom. The van der Waals surface area contributed by atoms with Crippen LogP contribution in [-0.4, -0.2) is 44.8 Å². The molecule has 3 heterocycles. The Morgan fingerprint density at radius 1 is 1.09 bits per heavy atom. The molecule has 1 aliphatic heterocycles. The van der Waals surface area contributed by atoms with Gasteiger partial charge in [0.2, 0.25) is 0 Å². The van der Waals surface area contributed by atoms with Crippen LogP contribution in [0.25, 0.3) is 22.3 Å². The van der Waals surface area contributed by atoms with Crippen molar-refractivity contribution in [3.63, 3.8) is 0 Å². The van der Waals surface area contributed by atoms with Gasteiger partial charge in [-0.05, 0) is 73.5 Å². The molecule has 0 spiro atoms. The van der Waals surface area contributed by atoms with E-state index in [4.69, 9.17) is 8.85 Å². The number of sulfone groups is 1. The van der Waals surface area contributed by atoms with Crippen LogP contribution >= 0.6 is 0 Å². The number of benzene rings is 3. The number of halogens is 2. The number of aromatic amines is 1. The SMILES string of the molecule is [2H]C([2H])([2H])C1(c2cccc(O)c2)CCCC(C)(C)CS(=O)(=O)CCc2c(c(F)cc3[nH]ccc23)Oc2ccc(F)c(c2)-c2nc1nn2C. The van der Waals surface area contributed by atoms with Crippen molar-refractivity contribution in [3.05, 3.63) is 89.4 Å². The van der Waals surface area contributed by atoms with Gasteiger partial charge in [-0.25, -0.2) is 26.9 Å². The van der Waals surface area contributed by atoms with Crippen LogP contribution in [0.3, 0.4) is 0 Å². The minimum absolute atomic E-state index is 0.0102. The number of fused-ring (bicyclic) bond motifs is 8. The topological polar surface area (TPSA) is 110 Å². The van der Waals surface area contributed by atoms with Gasteiger partial charge < -0.3 is 14.8 Å². The molecule has 3 aromatic carbocycles. The highest BCUT2D eigenvalue weighted by molar-refractivity contribution is 7.91. The second-order valence-electron chi connectivity index (χ2n) is 12.5. The highest BCUT2D eigenvalue weighted by Crippen LogP contribution is 2.41. The normalized spacial score (nSPS) is 21.4. The van der Waals surface area contributed by atoms with Crippen molar-refractivity contribution in [2.45, 2.75) is 51.8 Å². The third-order valence-corrected chi connectivity index (χ3v) is 10.5. The third kappa shape index (κ3) is 6.05. The molecule has 45 heavy (non-hydrogen) atoms. The van der Waals surface area contributed by atoms with Gasteiger partial charge in [0.05, 0.1) is 22.5 Å². The van der Waals surface area contributed by atoms with E-state index in [0.717, 1.165) is 6.07 Å². The lowest BCUT2D eigenvalue weighted by Gasteiger charge is -2.30. The number of phenolic OH excluding ortho intramolecular Hbond substituents is 1. The largest absolute Gasteiger partial charge is 0.508 e. The molecule has 0 fully saturated rings. The summed E-state index contributed by atoms with van der Waals surface area (Å²) in [6.45, 7) is 0.869. The summed E-state index contributed by atoms with van der Waals surface area (Å²) in [5, 5.41) is 15.5. The molecule has 0 saturated carbocycles. The number of aromatic hydroxyl groups is 1. The number of phenols is 1. The van der Waals surface area contributed by atoms with E-state index in [2.05, 4.69) is 15.1 Å². The molecule has 8 nitrogen and oxygen atoms in total. The van der Waals surface area contributed by atoms with Crippen molar-refractivity contribution in [1.82, 2.24) is 19.7 Å². The van der Waals surface area contributed by atoms with Gasteiger partial charge in [0.15, 0.2) is 33.1 Å². The first-order chi connectivity index (χ1) is 22.5. The molecular formula is C34H36F2N4O4S. The summed E-state index contributed by atoms with van der Waals surface area (Å²) in [6.07, 6.45) is 2.16. The van der Waals surface area contributed by atoms with Crippen molar-refractivity contribution in [1.29, 1.82) is 0 Å². The van der Waals surface area contributed by atoms with Crippen LogP contribution in [0, 0.1) is 17.0 Å². The van der Waals surface area contributed by atoms with Crippen LogP contribution in [0.15, 0.2) is 60.8 Å². The predicted octanol–water partition coefficient (Wildman–Crippen LogP) is 7.21. The fourth-order valence-corrected chi connectivity index (χ4v) is 8.22. The van der Waals surface area contributed by atoms with Crippen molar-refractivity contribution in [2.24, 2.45) is 12.5 Å². The zero-order valence-corrected chi connectivity index (χ0v) is 26.0. The van der Waals surface area contributed by atoms with Gasteiger partial charge in [0.1, 0.15) is 17.3 Å². The van der Waals surface area contributed by atoms with E-state index in [9.17, 15) is 13.5 Å². The minimum atomic E-state index is -3.70. The fourth-order valence-electron chi connectivity index (χ4n) is 6.22. The summed E-state index contributed by atoms with van der Waals surface area (Å²) in [4.78, 5) is 7.59. The Bertz CT molecular complexity index is 2130.